The number of thiocarbonyl (C=S) groups is 1. The molecule has 0 aliphatic carbocycles. The normalized spacial score (nSPS) is 15.4. The van der Waals surface area contributed by atoms with E-state index in [1.54, 1.807) is 0 Å². The SMILES string of the molecule is CS(=O)(=O)N(c1ncc(C(=S)c2c(F)cccc2F)c(N)n1)C1CCNCC1. The standard InChI is InChI=1S/C17H19F2N5O2S2/c1-28(25,26)24(10-5-7-21-8-6-10)17-22-9-11(16(20)23-17)15(27)14-12(18)3-2-4-13(14)19/h2-4,9-10,21H,5-8H2,1H3,(H2,20,22,23). The summed E-state index contributed by atoms with van der Waals surface area (Å²) in [6.45, 7) is 1.34. The fourth-order valence-electron chi connectivity index (χ4n) is 3.14. The molecule has 0 spiro atoms. The van der Waals surface area contributed by atoms with Crippen LogP contribution in [-0.4, -0.2) is 48.6 Å². The van der Waals surface area contributed by atoms with Gasteiger partial charge in [-0.05, 0) is 38.1 Å². The highest BCUT2D eigenvalue weighted by atomic mass is 32.2. The van der Waals surface area contributed by atoms with Gasteiger partial charge in [0.15, 0.2) is 0 Å². The minimum Gasteiger partial charge on any atom is -0.383 e. The summed E-state index contributed by atoms with van der Waals surface area (Å²) in [6, 6.07) is 3.08. The molecule has 1 aromatic carbocycles. The Bertz CT molecular complexity index is 990. The predicted octanol–water partition coefficient (Wildman–Crippen LogP) is 1.62. The first-order valence-corrected chi connectivity index (χ1v) is 10.8. The minimum absolute atomic E-state index is 0.0570. The van der Waals surface area contributed by atoms with E-state index in [2.05, 4.69) is 15.3 Å². The van der Waals surface area contributed by atoms with E-state index in [4.69, 9.17) is 18.0 Å². The monoisotopic (exact) mass is 427 g/mol. The molecule has 7 nitrogen and oxygen atoms in total. The van der Waals surface area contributed by atoms with Gasteiger partial charge in [-0.3, -0.25) is 0 Å². The highest BCUT2D eigenvalue weighted by Gasteiger charge is 2.31. The molecule has 3 N–H and O–H groups in total. The minimum atomic E-state index is -3.66. The number of benzene rings is 1. The van der Waals surface area contributed by atoms with E-state index in [1.807, 2.05) is 0 Å². The van der Waals surface area contributed by atoms with Crippen LogP contribution in [0, 0.1) is 11.6 Å². The Kier molecular flexibility index (Phi) is 5.87. The summed E-state index contributed by atoms with van der Waals surface area (Å²) in [5.41, 5.74) is 5.61. The first-order valence-electron chi connectivity index (χ1n) is 8.51. The molecular weight excluding hydrogens is 408 g/mol. The molecule has 0 amide bonds. The molecule has 11 heteroatoms. The lowest BCUT2D eigenvalue weighted by molar-refractivity contribution is 0.451. The maximum atomic E-state index is 14.0. The van der Waals surface area contributed by atoms with Gasteiger partial charge in [0.05, 0.1) is 28.3 Å². The van der Waals surface area contributed by atoms with Crippen molar-refractivity contribution in [3.63, 3.8) is 0 Å². The van der Waals surface area contributed by atoms with Crippen LogP contribution in [0.4, 0.5) is 20.5 Å². The van der Waals surface area contributed by atoms with Crippen LogP contribution in [0.15, 0.2) is 24.4 Å². The third-order valence-electron chi connectivity index (χ3n) is 4.43. The van der Waals surface area contributed by atoms with Crippen molar-refractivity contribution in [3.8, 4) is 0 Å². The van der Waals surface area contributed by atoms with Crippen molar-refractivity contribution in [2.45, 2.75) is 18.9 Å². The van der Waals surface area contributed by atoms with Crippen LogP contribution < -0.4 is 15.4 Å². The van der Waals surface area contributed by atoms with Crippen LogP contribution in [0.5, 0.6) is 0 Å². The number of nitrogens with two attached hydrogens (primary N) is 1. The Labute approximate surface area is 167 Å². The predicted molar refractivity (Wildman–Crippen MR) is 107 cm³/mol. The Morgan fingerprint density at radius 3 is 2.43 bits per heavy atom. The van der Waals surface area contributed by atoms with Crippen molar-refractivity contribution in [3.05, 3.63) is 47.2 Å². The third-order valence-corrected chi connectivity index (χ3v) is 6.03. The molecule has 0 atom stereocenters. The van der Waals surface area contributed by atoms with E-state index in [0.717, 1.165) is 22.7 Å². The van der Waals surface area contributed by atoms with Gasteiger partial charge < -0.3 is 11.1 Å². The second-order valence-electron chi connectivity index (χ2n) is 6.43. The van der Waals surface area contributed by atoms with Crippen LogP contribution >= 0.6 is 12.2 Å². The molecule has 0 unspecified atom stereocenters. The number of rotatable bonds is 5. The first kappa shape index (κ1) is 20.5. The van der Waals surface area contributed by atoms with E-state index in [-0.39, 0.29) is 28.2 Å². The van der Waals surface area contributed by atoms with E-state index in [1.165, 1.54) is 12.3 Å². The van der Waals surface area contributed by atoms with Gasteiger partial charge in [-0.15, -0.1) is 0 Å². The number of nitrogens with one attached hydrogen (secondary N) is 1. The molecule has 0 saturated carbocycles. The number of nitrogens with zero attached hydrogens (tertiary/aromatic N) is 3. The molecule has 2 aromatic rings. The second-order valence-corrected chi connectivity index (χ2v) is 8.70. The number of hydrogen-bond donors (Lipinski definition) is 2. The summed E-state index contributed by atoms with van der Waals surface area (Å²) in [7, 11) is -3.66. The third kappa shape index (κ3) is 4.10. The number of anilines is 2. The lowest BCUT2D eigenvalue weighted by atomic mass is 10.1. The molecule has 0 bridgehead atoms. The second kappa shape index (κ2) is 8.02. The molecule has 2 heterocycles. The van der Waals surface area contributed by atoms with Crippen LogP contribution in [0.1, 0.15) is 24.0 Å². The van der Waals surface area contributed by atoms with Crippen molar-refractivity contribution in [1.29, 1.82) is 0 Å². The average molecular weight is 428 g/mol. The van der Waals surface area contributed by atoms with Crippen molar-refractivity contribution < 1.29 is 17.2 Å². The van der Waals surface area contributed by atoms with Crippen molar-refractivity contribution in [1.82, 2.24) is 15.3 Å². The van der Waals surface area contributed by atoms with Crippen LogP contribution in [0.3, 0.4) is 0 Å². The number of nitrogen functional groups attached to an aromatic ring is 1. The Balaban J connectivity index is 2.00. The van der Waals surface area contributed by atoms with Crippen molar-refractivity contribution >= 4 is 38.9 Å². The van der Waals surface area contributed by atoms with E-state index in [9.17, 15) is 17.2 Å². The molecule has 3 rings (SSSR count). The molecule has 28 heavy (non-hydrogen) atoms. The van der Waals surface area contributed by atoms with Crippen LogP contribution in [-0.2, 0) is 10.0 Å². The summed E-state index contributed by atoms with van der Waals surface area (Å²) in [5.74, 6) is -1.91. The number of hydrogen-bond acceptors (Lipinski definition) is 7. The first-order chi connectivity index (χ1) is 13.2. The Morgan fingerprint density at radius 2 is 1.89 bits per heavy atom. The summed E-state index contributed by atoms with van der Waals surface area (Å²) >= 11 is 5.18. The van der Waals surface area contributed by atoms with Gasteiger partial charge in [0.2, 0.25) is 16.0 Å². The summed E-state index contributed by atoms with van der Waals surface area (Å²) in [4.78, 5) is 7.98. The lowest BCUT2D eigenvalue weighted by Crippen LogP contribution is -2.46. The van der Waals surface area contributed by atoms with Gasteiger partial charge in [-0.25, -0.2) is 26.5 Å². The van der Waals surface area contributed by atoms with Crippen molar-refractivity contribution in [2.75, 3.05) is 29.4 Å². The summed E-state index contributed by atoms with van der Waals surface area (Å²) in [6.07, 6.45) is 3.46. The van der Waals surface area contributed by atoms with Crippen LogP contribution in [0.2, 0.25) is 0 Å². The number of aromatic nitrogens is 2. The molecular formula is C17H19F2N5O2S2. The Hall–Kier alpha value is -2.24. The molecule has 1 saturated heterocycles. The van der Waals surface area contributed by atoms with Gasteiger partial charge in [0.1, 0.15) is 17.5 Å². The summed E-state index contributed by atoms with van der Waals surface area (Å²) in [5, 5.41) is 3.16. The van der Waals surface area contributed by atoms with E-state index >= 15 is 0 Å². The quantitative estimate of drug-likeness (QED) is 0.552. The van der Waals surface area contributed by atoms with Gasteiger partial charge in [0, 0.05) is 6.20 Å². The van der Waals surface area contributed by atoms with Gasteiger partial charge in [-0.2, -0.15) is 4.98 Å². The maximum Gasteiger partial charge on any atom is 0.241 e. The molecule has 1 aliphatic rings. The highest BCUT2D eigenvalue weighted by molar-refractivity contribution is 7.92. The van der Waals surface area contributed by atoms with Crippen LogP contribution in [0.25, 0.3) is 0 Å². The topological polar surface area (TPSA) is 101 Å². The molecule has 0 radical (unpaired) electrons. The molecule has 150 valence electrons. The zero-order chi connectivity index (χ0) is 20.5. The number of sulfonamides is 1. The van der Waals surface area contributed by atoms with Gasteiger partial charge in [-0.1, -0.05) is 18.3 Å². The Morgan fingerprint density at radius 1 is 1.29 bits per heavy atom. The highest BCUT2D eigenvalue weighted by Crippen LogP contribution is 2.25. The summed E-state index contributed by atoms with van der Waals surface area (Å²) < 4.78 is 53.8. The largest absolute Gasteiger partial charge is 0.383 e. The number of piperidine rings is 1. The van der Waals surface area contributed by atoms with Crippen molar-refractivity contribution in [2.24, 2.45) is 0 Å². The van der Waals surface area contributed by atoms with E-state index < -0.39 is 27.2 Å². The average Bonchev–Trinajstić information content (AvgIpc) is 2.61. The maximum absolute atomic E-state index is 14.0. The molecule has 1 fully saturated rings. The van der Waals surface area contributed by atoms with Gasteiger partial charge in [0.25, 0.3) is 0 Å². The number of halogens is 2. The van der Waals surface area contributed by atoms with E-state index in [0.29, 0.717) is 25.9 Å². The zero-order valence-corrected chi connectivity index (χ0v) is 16.7. The zero-order valence-electron chi connectivity index (χ0n) is 15.0. The molecule has 1 aliphatic heterocycles. The lowest BCUT2D eigenvalue weighted by Gasteiger charge is -2.32. The smallest absolute Gasteiger partial charge is 0.241 e. The molecule has 1 aromatic heterocycles. The van der Waals surface area contributed by atoms with Gasteiger partial charge >= 0.3 is 0 Å². The fourth-order valence-corrected chi connectivity index (χ4v) is 4.63. The fraction of sp³-hybridized carbons (Fsp3) is 0.353.